The fourth-order valence-electron chi connectivity index (χ4n) is 1.79. The Balaban J connectivity index is 2.22. The number of benzene rings is 1. The fraction of sp³-hybridized carbons (Fsp3) is 0.231. The summed E-state index contributed by atoms with van der Waals surface area (Å²) in [4.78, 5) is 0. The molecular formula is C13H13F2NS. The Bertz CT molecular complexity index is 482. The first kappa shape index (κ1) is 12.2. The number of nitrogens with one attached hydrogen (secondary N) is 1. The van der Waals surface area contributed by atoms with Crippen LogP contribution in [0.1, 0.15) is 17.2 Å². The maximum Gasteiger partial charge on any atom is 0.162 e. The Labute approximate surface area is 103 Å². The molecule has 1 N–H and O–H groups in total. The number of rotatable bonds is 4. The Morgan fingerprint density at radius 3 is 2.76 bits per heavy atom. The van der Waals surface area contributed by atoms with Gasteiger partial charge in [-0.1, -0.05) is 12.1 Å². The molecule has 0 bridgehead atoms. The predicted octanol–water partition coefficient (Wildman–Crippen LogP) is 3.53. The van der Waals surface area contributed by atoms with Gasteiger partial charge in [-0.05, 0) is 47.5 Å². The van der Waals surface area contributed by atoms with Gasteiger partial charge in [-0.2, -0.15) is 11.3 Å². The highest BCUT2D eigenvalue weighted by molar-refractivity contribution is 7.07. The second-order valence-electron chi connectivity index (χ2n) is 3.82. The lowest BCUT2D eigenvalue weighted by Gasteiger charge is -2.15. The highest BCUT2D eigenvalue weighted by Crippen LogP contribution is 2.22. The third-order valence-corrected chi connectivity index (χ3v) is 3.45. The molecule has 0 amide bonds. The van der Waals surface area contributed by atoms with Gasteiger partial charge in [-0.3, -0.25) is 0 Å². The molecule has 2 aromatic rings. The monoisotopic (exact) mass is 253 g/mol. The normalized spacial score (nSPS) is 12.6. The quantitative estimate of drug-likeness (QED) is 0.879. The maximum absolute atomic E-state index is 13.5. The van der Waals surface area contributed by atoms with Crippen molar-refractivity contribution >= 4 is 11.3 Å². The molecular weight excluding hydrogens is 240 g/mol. The van der Waals surface area contributed by atoms with E-state index in [4.69, 9.17) is 0 Å². The molecule has 1 atom stereocenters. The second kappa shape index (κ2) is 5.38. The highest BCUT2D eigenvalue weighted by Gasteiger charge is 2.14. The van der Waals surface area contributed by atoms with E-state index < -0.39 is 11.6 Å². The van der Waals surface area contributed by atoms with E-state index in [9.17, 15) is 8.78 Å². The molecule has 1 aromatic carbocycles. The van der Waals surface area contributed by atoms with Crippen LogP contribution in [0.25, 0.3) is 0 Å². The summed E-state index contributed by atoms with van der Waals surface area (Å²) in [5.74, 6) is -1.54. The van der Waals surface area contributed by atoms with Crippen molar-refractivity contribution in [2.45, 2.75) is 12.5 Å². The minimum Gasteiger partial charge on any atom is -0.313 e. The molecule has 1 nitrogen and oxygen atoms in total. The molecule has 1 heterocycles. The molecule has 0 aliphatic carbocycles. The van der Waals surface area contributed by atoms with Crippen LogP contribution in [0.2, 0.25) is 0 Å². The Kier molecular flexibility index (Phi) is 3.86. The number of hydrogen-bond acceptors (Lipinski definition) is 2. The van der Waals surface area contributed by atoms with E-state index in [2.05, 4.69) is 5.32 Å². The number of likely N-dealkylation sites (N-methyl/N-ethyl adjacent to an activating group) is 1. The van der Waals surface area contributed by atoms with Gasteiger partial charge in [0.05, 0.1) is 0 Å². The lowest BCUT2D eigenvalue weighted by atomic mass is 10.0. The second-order valence-corrected chi connectivity index (χ2v) is 4.60. The minimum absolute atomic E-state index is 0.0116. The van der Waals surface area contributed by atoms with Crippen LogP contribution in [0.3, 0.4) is 0 Å². The van der Waals surface area contributed by atoms with E-state index in [1.807, 2.05) is 23.9 Å². The summed E-state index contributed by atoms with van der Waals surface area (Å²) in [5.41, 5.74) is 1.50. The number of thiophene rings is 1. The van der Waals surface area contributed by atoms with Crippen LogP contribution in [0.4, 0.5) is 8.78 Å². The van der Waals surface area contributed by atoms with Gasteiger partial charge >= 0.3 is 0 Å². The first-order chi connectivity index (χ1) is 8.22. The van der Waals surface area contributed by atoms with Crippen molar-refractivity contribution in [3.05, 3.63) is 57.8 Å². The standard InChI is InChI=1S/C13H13F2NS/c1-16-12(10-5-6-17-8-10)7-9-3-2-4-11(14)13(9)15/h2-6,8,12,16H,7H2,1H3. The summed E-state index contributed by atoms with van der Waals surface area (Å²) in [6, 6.07) is 6.29. The average Bonchev–Trinajstić information content (AvgIpc) is 2.85. The lowest BCUT2D eigenvalue weighted by molar-refractivity contribution is 0.487. The van der Waals surface area contributed by atoms with Gasteiger partial charge in [0.25, 0.3) is 0 Å². The topological polar surface area (TPSA) is 12.0 Å². The Morgan fingerprint density at radius 1 is 1.29 bits per heavy atom. The van der Waals surface area contributed by atoms with Crippen molar-refractivity contribution in [1.29, 1.82) is 0 Å². The largest absolute Gasteiger partial charge is 0.313 e. The highest BCUT2D eigenvalue weighted by atomic mass is 32.1. The number of halogens is 2. The van der Waals surface area contributed by atoms with Crippen LogP contribution >= 0.6 is 11.3 Å². The maximum atomic E-state index is 13.5. The van der Waals surface area contributed by atoms with E-state index in [1.165, 1.54) is 6.07 Å². The van der Waals surface area contributed by atoms with E-state index >= 15 is 0 Å². The Morgan fingerprint density at radius 2 is 2.12 bits per heavy atom. The first-order valence-electron chi connectivity index (χ1n) is 5.34. The smallest absolute Gasteiger partial charge is 0.162 e. The van der Waals surface area contributed by atoms with Crippen LogP contribution < -0.4 is 5.32 Å². The van der Waals surface area contributed by atoms with Crippen LogP contribution in [0, 0.1) is 11.6 Å². The molecule has 0 aliphatic rings. The summed E-state index contributed by atoms with van der Waals surface area (Å²) < 4.78 is 26.6. The molecule has 4 heteroatoms. The molecule has 2 rings (SSSR count). The summed E-state index contributed by atoms with van der Waals surface area (Å²) >= 11 is 1.59. The zero-order valence-electron chi connectivity index (χ0n) is 9.41. The molecule has 0 radical (unpaired) electrons. The van der Waals surface area contributed by atoms with E-state index in [0.29, 0.717) is 12.0 Å². The third-order valence-electron chi connectivity index (χ3n) is 2.75. The molecule has 17 heavy (non-hydrogen) atoms. The van der Waals surface area contributed by atoms with Gasteiger partial charge < -0.3 is 5.32 Å². The molecule has 1 aromatic heterocycles. The van der Waals surface area contributed by atoms with Crippen molar-refractivity contribution in [2.24, 2.45) is 0 Å². The van der Waals surface area contributed by atoms with Gasteiger partial charge in [-0.15, -0.1) is 0 Å². The molecule has 0 spiro atoms. The van der Waals surface area contributed by atoms with Crippen LogP contribution in [-0.2, 0) is 6.42 Å². The molecule has 0 saturated heterocycles. The van der Waals surface area contributed by atoms with Crippen molar-refractivity contribution in [2.75, 3.05) is 7.05 Å². The number of hydrogen-bond donors (Lipinski definition) is 1. The van der Waals surface area contributed by atoms with Gasteiger partial charge in [0, 0.05) is 6.04 Å². The van der Waals surface area contributed by atoms with Gasteiger partial charge in [0.1, 0.15) is 0 Å². The zero-order valence-corrected chi connectivity index (χ0v) is 10.2. The molecule has 0 saturated carbocycles. The summed E-state index contributed by atoms with van der Waals surface area (Å²) in [5, 5.41) is 7.10. The molecule has 0 fully saturated rings. The van der Waals surface area contributed by atoms with Crippen molar-refractivity contribution in [3.8, 4) is 0 Å². The summed E-state index contributed by atoms with van der Waals surface area (Å²) in [6.07, 6.45) is 0.441. The Hall–Kier alpha value is -1.26. The van der Waals surface area contributed by atoms with E-state index in [1.54, 1.807) is 17.4 Å². The van der Waals surface area contributed by atoms with Crippen LogP contribution in [0.5, 0.6) is 0 Å². The first-order valence-corrected chi connectivity index (χ1v) is 6.29. The van der Waals surface area contributed by atoms with E-state index in [0.717, 1.165) is 11.6 Å². The van der Waals surface area contributed by atoms with Crippen molar-refractivity contribution in [1.82, 2.24) is 5.32 Å². The minimum atomic E-state index is -0.789. The van der Waals surface area contributed by atoms with E-state index in [-0.39, 0.29) is 6.04 Å². The zero-order chi connectivity index (χ0) is 12.3. The predicted molar refractivity (Wildman–Crippen MR) is 66.2 cm³/mol. The molecule has 0 aliphatic heterocycles. The van der Waals surface area contributed by atoms with Crippen molar-refractivity contribution < 1.29 is 8.78 Å². The van der Waals surface area contributed by atoms with Crippen molar-refractivity contribution in [3.63, 3.8) is 0 Å². The van der Waals surface area contributed by atoms with Gasteiger partial charge in [0.15, 0.2) is 11.6 Å². The average molecular weight is 253 g/mol. The summed E-state index contributed by atoms with van der Waals surface area (Å²) in [6.45, 7) is 0. The summed E-state index contributed by atoms with van der Waals surface area (Å²) in [7, 11) is 1.82. The third kappa shape index (κ3) is 2.70. The van der Waals surface area contributed by atoms with Gasteiger partial charge in [-0.25, -0.2) is 8.78 Å². The lowest BCUT2D eigenvalue weighted by Crippen LogP contribution is -2.18. The van der Waals surface area contributed by atoms with Gasteiger partial charge in [0.2, 0.25) is 0 Å². The van der Waals surface area contributed by atoms with Crippen LogP contribution in [0.15, 0.2) is 35.0 Å². The fourth-order valence-corrected chi connectivity index (χ4v) is 2.50. The van der Waals surface area contributed by atoms with Crippen LogP contribution in [-0.4, -0.2) is 7.05 Å². The molecule has 1 unspecified atom stereocenters. The SMILES string of the molecule is CNC(Cc1cccc(F)c1F)c1ccsc1. The molecule has 90 valence electrons.